The lowest BCUT2D eigenvalue weighted by Crippen LogP contribution is -2.26. The lowest BCUT2D eigenvalue weighted by molar-refractivity contribution is 0.0950. The molecular formula is C23H23FN2O3S2. The van der Waals surface area contributed by atoms with Gasteiger partial charge in [0.2, 0.25) is 0 Å². The topological polar surface area (TPSA) is 76.1 Å². The third kappa shape index (κ3) is 6.15. The Kier molecular flexibility index (Phi) is 7.81. The monoisotopic (exact) mass is 458 g/mol. The van der Waals surface area contributed by atoms with Crippen molar-refractivity contribution in [2.45, 2.75) is 28.5 Å². The molecule has 3 rings (SSSR count). The van der Waals surface area contributed by atoms with Crippen LogP contribution >= 0.6 is 11.8 Å². The Bertz CT molecular complexity index is 1140. The van der Waals surface area contributed by atoms with Gasteiger partial charge in [0.15, 0.2) is 9.84 Å². The molecule has 1 N–H and O–H groups in total. The third-order valence-electron chi connectivity index (χ3n) is 4.66. The Hall–Kier alpha value is -2.71. The SMILES string of the molecule is CC(CSc1ncccc1C(=O)NCCc1cccc(F)c1)S(=O)(=O)c1ccccc1. The van der Waals surface area contributed by atoms with Gasteiger partial charge < -0.3 is 5.32 Å². The van der Waals surface area contributed by atoms with Gasteiger partial charge in [-0.25, -0.2) is 17.8 Å². The second kappa shape index (κ2) is 10.5. The van der Waals surface area contributed by atoms with Crippen molar-refractivity contribution in [1.82, 2.24) is 10.3 Å². The number of nitrogens with zero attached hydrogens (tertiary/aromatic N) is 1. The van der Waals surface area contributed by atoms with Gasteiger partial charge in [-0.15, -0.1) is 11.8 Å². The van der Waals surface area contributed by atoms with Crippen LogP contribution in [0.3, 0.4) is 0 Å². The van der Waals surface area contributed by atoms with Crippen molar-refractivity contribution in [3.8, 4) is 0 Å². The molecule has 5 nitrogen and oxygen atoms in total. The summed E-state index contributed by atoms with van der Waals surface area (Å²) in [5, 5.41) is 2.64. The number of thioether (sulfide) groups is 1. The van der Waals surface area contributed by atoms with Crippen LogP contribution in [0.15, 0.2) is 82.8 Å². The van der Waals surface area contributed by atoms with Crippen molar-refractivity contribution >= 4 is 27.5 Å². The van der Waals surface area contributed by atoms with E-state index in [0.717, 1.165) is 5.56 Å². The molecule has 3 aromatic rings. The Morgan fingerprint density at radius 2 is 1.87 bits per heavy atom. The lowest BCUT2D eigenvalue weighted by Gasteiger charge is -2.14. The highest BCUT2D eigenvalue weighted by atomic mass is 32.2. The first-order valence-corrected chi connectivity index (χ1v) is 12.3. The highest BCUT2D eigenvalue weighted by Crippen LogP contribution is 2.25. The molecule has 0 spiro atoms. The van der Waals surface area contributed by atoms with Crippen molar-refractivity contribution in [3.63, 3.8) is 0 Å². The molecule has 1 heterocycles. The zero-order chi connectivity index (χ0) is 22.3. The highest BCUT2D eigenvalue weighted by molar-refractivity contribution is 8.00. The molecule has 0 bridgehead atoms. The first-order valence-electron chi connectivity index (χ1n) is 9.77. The van der Waals surface area contributed by atoms with E-state index in [1.807, 2.05) is 0 Å². The van der Waals surface area contributed by atoms with Crippen molar-refractivity contribution in [2.24, 2.45) is 0 Å². The van der Waals surface area contributed by atoms with E-state index in [1.54, 1.807) is 67.7 Å². The van der Waals surface area contributed by atoms with Gasteiger partial charge in [-0.1, -0.05) is 30.3 Å². The molecule has 1 atom stereocenters. The average Bonchev–Trinajstić information content (AvgIpc) is 2.78. The second-order valence-corrected chi connectivity index (χ2v) is 10.3. The summed E-state index contributed by atoms with van der Waals surface area (Å²) in [5.74, 6) is -0.349. The summed E-state index contributed by atoms with van der Waals surface area (Å²) >= 11 is 1.24. The molecule has 2 aromatic carbocycles. The van der Waals surface area contributed by atoms with Gasteiger partial charge in [0.25, 0.3) is 5.91 Å². The van der Waals surface area contributed by atoms with E-state index in [1.165, 1.54) is 23.9 Å². The fourth-order valence-corrected chi connectivity index (χ4v) is 5.68. The zero-order valence-electron chi connectivity index (χ0n) is 17.0. The summed E-state index contributed by atoms with van der Waals surface area (Å²) in [6.45, 7) is 2.00. The lowest BCUT2D eigenvalue weighted by atomic mass is 10.1. The van der Waals surface area contributed by atoms with Gasteiger partial charge in [-0.3, -0.25) is 4.79 Å². The number of halogens is 1. The summed E-state index contributed by atoms with van der Waals surface area (Å²) in [5.41, 5.74) is 1.18. The Morgan fingerprint density at radius 1 is 1.10 bits per heavy atom. The molecule has 1 amide bonds. The Labute approximate surface area is 186 Å². The zero-order valence-corrected chi connectivity index (χ0v) is 18.6. The molecule has 0 saturated heterocycles. The van der Waals surface area contributed by atoms with Gasteiger partial charge in [0, 0.05) is 18.5 Å². The number of carbonyl (C=O) groups excluding carboxylic acids is 1. The smallest absolute Gasteiger partial charge is 0.254 e. The minimum atomic E-state index is -3.47. The van der Waals surface area contributed by atoms with Crippen LogP contribution in [-0.2, 0) is 16.3 Å². The van der Waals surface area contributed by atoms with E-state index in [-0.39, 0.29) is 22.4 Å². The molecule has 0 aliphatic heterocycles. The maximum absolute atomic E-state index is 13.3. The Balaban J connectivity index is 1.61. The minimum absolute atomic E-state index is 0.262. The summed E-state index contributed by atoms with van der Waals surface area (Å²) in [6, 6.07) is 17.9. The number of carbonyl (C=O) groups is 1. The maximum Gasteiger partial charge on any atom is 0.254 e. The van der Waals surface area contributed by atoms with E-state index in [9.17, 15) is 17.6 Å². The predicted molar refractivity (Wildman–Crippen MR) is 120 cm³/mol. The van der Waals surface area contributed by atoms with Gasteiger partial charge in [-0.2, -0.15) is 0 Å². The van der Waals surface area contributed by atoms with Crippen molar-refractivity contribution < 1.29 is 17.6 Å². The summed E-state index contributed by atoms with van der Waals surface area (Å²) in [6.07, 6.45) is 2.07. The largest absolute Gasteiger partial charge is 0.352 e. The summed E-state index contributed by atoms with van der Waals surface area (Å²) in [4.78, 5) is 17.2. The van der Waals surface area contributed by atoms with E-state index in [2.05, 4.69) is 10.3 Å². The first kappa shape index (κ1) is 23.0. The van der Waals surface area contributed by atoms with Crippen LogP contribution < -0.4 is 5.32 Å². The summed E-state index contributed by atoms with van der Waals surface area (Å²) < 4.78 is 38.7. The predicted octanol–water partition coefficient (Wildman–Crippen LogP) is 4.15. The molecular weight excluding hydrogens is 435 g/mol. The van der Waals surface area contributed by atoms with Crippen LogP contribution in [0.4, 0.5) is 4.39 Å². The first-order chi connectivity index (χ1) is 14.9. The fraction of sp³-hybridized carbons (Fsp3) is 0.217. The third-order valence-corrected chi connectivity index (χ3v) is 8.29. The summed E-state index contributed by atoms with van der Waals surface area (Å²) in [7, 11) is -3.47. The number of pyridine rings is 1. The molecule has 0 aliphatic carbocycles. The molecule has 0 aliphatic rings. The number of amides is 1. The average molecular weight is 459 g/mol. The van der Waals surface area contributed by atoms with Crippen LogP contribution in [0.25, 0.3) is 0 Å². The van der Waals surface area contributed by atoms with E-state index in [4.69, 9.17) is 0 Å². The van der Waals surface area contributed by atoms with Crippen LogP contribution in [0, 0.1) is 5.82 Å². The number of rotatable bonds is 9. The molecule has 1 unspecified atom stereocenters. The van der Waals surface area contributed by atoms with Crippen molar-refractivity contribution in [3.05, 3.63) is 89.9 Å². The highest BCUT2D eigenvalue weighted by Gasteiger charge is 2.24. The van der Waals surface area contributed by atoms with Crippen LogP contribution in [0.2, 0.25) is 0 Å². The van der Waals surface area contributed by atoms with E-state index < -0.39 is 15.1 Å². The number of nitrogens with one attached hydrogen (secondary N) is 1. The molecule has 162 valence electrons. The Morgan fingerprint density at radius 3 is 2.61 bits per heavy atom. The van der Waals surface area contributed by atoms with Gasteiger partial charge in [0.1, 0.15) is 10.8 Å². The van der Waals surface area contributed by atoms with Crippen LogP contribution in [0.5, 0.6) is 0 Å². The fourth-order valence-electron chi connectivity index (χ4n) is 2.92. The molecule has 0 fully saturated rings. The van der Waals surface area contributed by atoms with E-state index in [0.29, 0.717) is 23.6 Å². The van der Waals surface area contributed by atoms with Crippen LogP contribution in [-0.4, -0.2) is 36.9 Å². The maximum atomic E-state index is 13.3. The normalized spacial score (nSPS) is 12.3. The second-order valence-electron chi connectivity index (χ2n) is 6.97. The van der Waals surface area contributed by atoms with Crippen molar-refractivity contribution in [1.29, 1.82) is 0 Å². The molecule has 0 saturated carbocycles. The molecule has 31 heavy (non-hydrogen) atoms. The molecule has 1 aromatic heterocycles. The molecule has 8 heteroatoms. The van der Waals surface area contributed by atoms with Crippen molar-refractivity contribution in [2.75, 3.05) is 12.3 Å². The number of hydrogen-bond donors (Lipinski definition) is 1. The van der Waals surface area contributed by atoms with Gasteiger partial charge in [-0.05, 0) is 55.3 Å². The quantitative estimate of drug-likeness (QED) is 0.488. The minimum Gasteiger partial charge on any atom is -0.352 e. The molecule has 0 radical (unpaired) electrons. The number of sulfone groups is 1. The number of aromatic nitrogens is 1. The van der Waals surface area contributed by atoms with Gasteiger partial charge >= 0.3 is 0 Å². The standard InChI is InChI=1S/C23H23FN2O3S2/c1-17(31(28,29)20-9-3-2-4-10-20)16-30-23-21(11-6-13-26-23)22(27)25-14-12-18-7-5-8-19(24)15-18/h2-11,13,15,17H,12,14,16H2,1H3,(H,25,27). The number of hydrogen-bond acceptors (Lipinski definition) is 5. The van der Waals surface area contributed by atoms with Gasteiger partial charge in [0.05, 0.1) is 15.7 Å². The number of benzene rings is 2. The van der Waals surface area contributed by atoms with Crippen LogP contribution in [0.1, 0.15) is 22.8 Å². The van der Waals surface area contributed by atoms with E-state index >= 15 is 0 Å².